The lowest BCUT2D eigenvalue weighted by molar-refractivity contribution is -0.148. The number of amides is 1. The first-order valence-corrected chi connectivity index (χ1v) is 7.81. The monoisotopic (exact) mass is 411 g/mol. The van der Waals surface area contributed by atoms with Crippen molar-refractivity contribution in [3.05, 3.63) is 19.2 Å². The molecule has 0 radical (unpaired) electrons. The van der Waals surface area contributed by atoms with Gasteiger partial charge in [0, 0.05) is 4.47 Å². The van der Waals surface area contributed by atoms with Gasteiger partial charge >= 0.3 is 5.97 Å². The van der Waals surface area contributed by atoms with Crippen LogP contribution in [-0.2, 0) is 9.53 Å². The molecule has 0 aliphatic carbocycles. The first-order chi connectivity index (χ1) is 8.84. The number of nitrogens with one attached hydrogen (secondary N) is 1. The lowest BCUT2D eigenvalue weighted by Gasteiger charge is -2.25. The molecule has 1 fully saturated rings. The average Bonchev–Trinajstić information content (AvgIpc) is 2.86. The van der Waals surface area contributed by atoms with Crippen LogP contribution < -0.4 is 5.32 Å². The van der Waals surface area contributed by atoms with Crippen molar-refractivity contribution in [3.63, 3.8) is 0 Å². The highest BCUT2D eigenvalue weighted by molar-refractivity contribution is 9.13. The minimum Gasteiger partial charge on any atom is -0.481 e. The van der Waals surface area contributed by atoms with Crippen molar-refractivity contribution in [1.29, 1.82) is 0 Å². The third-order valence-electron chi connectivity index (χ3n) is 3.12. The van der Waals surface area contributed by atoms with Crippen LogP contribution in [0.3, 0.4) is 0 Å². The summed E-state index contributed by atoms with van der Waals surface area (Å²) in [6.45, 7) is 1.89. The Hall–Kier alpha value is -0.440. The van der Waals surface area contributed by atoms with Crippen molar-refractivity contribution in [2.75, 3.05) is 13.2 Å². The Morgan fingerprint density at radius 2 is 2.26 bits per heavy atom. The van der Waals surface area contributed by atoms with E-state index in [1.54, 1.807) is 13.0 Å². The topological polar surface area (TPSA) is 75.6 Å². The molecule has 2 rings (SSSR count). The number of ether oxygens (including phenoxy) is 1. The molecular formula is C11H11Br2NO4S. The lowest BCUT2D eigenvalue weighted by Crippen LogP contribution is -2.49. The molecule has 0 aromatic carbocycles. The van der Waals surface area contributed by atoms with Gasteiger partial charge < -0.3 is 15.2 Å². The van der Waals surface area contributed by atoms with E-state index in [-0.39, 0.29) is 19.1 Å². The molecule has 1 amide bonds. The minimum atomic E-state index is -1.08. The van der Waals surface area contributed by atoms with Gasteiger partial charge in [-0.2, -0.15) is 0 Å². The average molecular weight is 413 g/mol. The third-order valence-corrected chi connectivity index (χ3v) is 6.37. The van der Waals surface area contributed by atoms with Crippen LogP contribution in [0, 0.1) is 5.41 Å². The van der Waals surface area contributed by atoms with E-state index in [9.17, 15) is 14.7 Å². The number of carbonyl (C=O) groups is 2. The maximum absolute atomic E-state index is 12.1. The molecule has 0 spiro atoms. The van der Waals surface area contributed by atoms with Crippen molar-refractivity contribution < 1.29 is 19.4 Å². The van der Waals surface area contributed by atoms with Gasteiger partial charge in [-0.15, -0.1) is 11.3 Å². The van der Waals surface area contributed by atoms with Crippen molar-refractivity contribution in [3.8, 4) is 0 Å². The summed E-state index contributed by atoms with van der Waals surface area (Å²) in [6, 6.07) is 1.16. The Labute approximate surface area is 130 Å². The number of carboxylic acids is 1. The molecule has 1 aromatic heterocycles. The molecule has 1 aliphatic heterocycles. The van der Waals surface area contributed by atoms with Crippen LogP contribution >= 0.6 is 43.2 Å². The fourth-order valence-electron chi connectivity index (χ4n) is 1.77. The summed E-state index contributed by atoms with van der Waals surface area (Å²) >= 11 is 7.91. The molecule has 1 aromatic rings. The Balaban J connectivity index is 2.13. The summed E-state index contributed by atoms with van der Waals surface area (Å²) in [5.41, 5.74) is -1.08. The van der Waals surface area contributed by atoms with Crippen LogP contribution in [0.2, 0.25) is 0 Å². The molecule has 1 saturated heterocycles. The predicted octanol–water partition coefficient (Wildman–Crippen LogP) is 2.49. The number of thiophene rings is 1. The summed E-state index contributed by atoms with van der Waals surface area (Å²) < 4.78 is 6.81. The summed E-state index contributed by atoms with van der Waals surface area (Å²) in [4.78, 5) is 23.9. The van der Waals surface area contributed by atoms with E-state index < -0.39 is 17.4 Å². The van der Waals surface area contributed by atoms with Crippen molar-refractivity contribution >= 4 is 55.1 Å². The van der Waals surface area contributed by atoms with Crippen LogP contribution in [-0.4, -0.2) is 36.2 Å². The fourth-order valence-corrected chi connectivity index (χ4v) is 3.71. The van der Waals surface area contributed by atoms with Crippen LogP contribution in [0.25, 0.3) is 0 Å². The second-order valence-electron chi connectivity index (χ2n) is 4.50. The van der Waals surface area contributed by atoms with E-state index in [2.05, 4.69) is 37.2 Å². The zero-order valence-electron chi connectivity index (χ0n) is 9.91. The highest BCUT2D eigenvalue weighted by atomic mass is 79.9. The Bertz CT molecular complexity index is 513. The maximum atomic E-state index is 12.1. The number of carboxylic acid groups (broad SMARTS) is 1. The molecule has 8 heteroatoms. The fraction of sp³-hybridized carbons (Fsp3) is 0.455. The molecule has 2 N–H and O–H groups in total. The Kier molecular flexibility index (Phi) is 4.34. The van der Waals surface area contributed by atoms with Crippen molar-refractivity contribution in [2.45, 2.75) is 13.0 Å². The van der Waals surface area contributed by atoms with E-state index >= 15 is 0 Å². The van der Waals surface area contributed by atoms with E-state index in [4.69, 9.17) is 4.74 Å². The third kappa shape index (κ3) is 2.86. The van der Waals surface area contributed by atoms with E-state index in [0.717, 1.165) is 8.26 Å². The zero-order valence-corrected chi connectivity index (χ0v) is 13.9. The summed E-state index contributed by atoms with van der Waals surface area (Å²) in [5, 5.41) is 12.0. The number of rotatable bonds is 3. The normalized spacial score (nSPS) is 26.4. The van der Waals surface area contributed by atoms with Gasteiger partial charge in [0.15, 0.2) is 0 Å². The quantitative estimate of drug-likeness (QED) is 0.799. The SMILES string of the molecule is CC1(C(=O)O)COCC1NC(=O)c1cc(Br)c(Br)s1. The van der Waals surface area contributed by atoms with Gasteiger partial charge in [-0.05, 0) is 44.8 Å². The number of carbonyl (C=O) groups excluding carboxylic acids is 1. The van der Waals surface area contributed by atoms with Crippen LogP contribution in [0.5, 0.6) is 0 Å². The molecule has 2 unspecified atom stereocenters. The molecule has 0 saturated carbocycles. The lowest BCUT2D eigenvalue weighted by atomic mass is 9.85. The Morgan fingerprint density at radius 3 is 2.79 bits per heavy atom. The second kappa shape index (κ2) is 5.51. The van der Waals surface area contributed by atoms with Crippen LogP contribution in [0.15, 0.2) is 14.3 Å². The molecule has 104 valence electrons. The summed E-state index contributed by atoms with van der Waals surface area (Å²) in [6.07, 6.45) is 0. The molecule has 19 heavy (non-hydrogen) atoms. The van der Waals surface area contributed by atoms with E-state index in [1.165, 1.54) is 11.3 Å². The number of hydrogen-bond donors (Lipinski definition) is 2. The van der Waals surface area contributed by atoms with Gasteiger partial charge in [-0.25, -0.2) is 0 Å². The number of hydrogen-bond acceptors (Lipinski definition) is 4. The van der Waals surface area contributed by atoms with Crippen LogP contribution in [0.4, 0.5) is 0 Å². The molecule has 2 atom stereocenters. The van der Waals surface area contributed by atoms with Crippen molar-refractivity contribution in [1.82, 2.24) is 5.32 Å². The van der Waals surface area contributed by atoms with Gasteiger partial charge in [0.2, 0.25) is 0 Å². The van der Waals surface area contributed by atoms with E-state index in [1.807, 2.05) is 0 Å². The first-order valence-electron chi connectivity index (χ1n) is 5.41. The van der Waals surface area contributed by atoms with Gasteiger partial charge in [0.1, 0.15) is 5.41 Å². The zero-order chi connectivity index (χ0) is 14.2. The summed E-state index contributed by atoms with van der Waals surface area (Å²) in [7, 11) is 0. The van der Waals surface area contributed by atoms with E-state index in [0.29, 0.717) is 4.88 Å². The highest BCUT2D eigenvalue weighted by Crippen LogP contribution is 2.33. The van der Waals surface area contributed by atoms with Crippen molar-refractivity contribution in [2.24, 2.45) is 5.41 Å². The molecule has 5 nitrogen and oxygen atoms in total. The van der Waals surface area contributed by atoms with Gasteiger partial charge in [-0.1, -0.05) is 0 Å². The molecule has 1 aliphatic rings. The van der Waals surface area contributed by atoms with Gasteiger partial charge in [0.05, 0.1) is 27.9 Å². The second-order valence-corrected chi connectivity index (χ2v) is 7.72. The highest BCUT2D eigenvalue weighted by Gasteiger charge is 2.47. The van der Waals surface area contributed by atoms with Gasteiger partial charge in [0.25, 0.3) is 5.91 Å². The van der Waals surface area contributed by atoms with Gasteiger partial charge in [-0.3, -0.25) is 9.59 Å². The first kappa shape index (κ1) is 15.0. The maximum Gasteiger partial charge on any atom is 0.313 e. The number of aliphatic carboxylic acids is 1. The Morgan fingerprint density at radius 1 is 1.58 bits per heavy atom. The molecule has 0 bridgehead atoms. The standard InChI is InChI=1S/C11H11Br2NO4S/c1-11(10(16)17)4-18-3-7(11)14-9(15)6-2-5(12)8(13)19-6/h2,7H,3-4H2,1H3,(H,14,15)(H,16,17). The largest absolute Gasteiger partial charge is 0.481 e. The summed E-state index contributed by atoms with van der Waals surface area (Å²) in [5.74, 6) is -1.26. The van der Waals surface area contributed by atoms with Crippen LogP contribution in [0.1, 0.15) is 16.6 Å². The molecular weight excluding hydrogens is 402 g/mol. The number of halogens is 2. The molecule has 2 heterocycles. The minimum absolute atomic E-state index is 0.102. The smallest absolute Gasteiger partial charge is 0.313 e. The predicted molar refractivity (Wildman–Crippen MR) is 77.5 cm³/mol.